The van der Waals surface area contributed by atoms with E-state index in [9.17, 15) is 9.59 Å². The van der Waals surface area contributed by atoms with Gasteiger partial charge >= 0.3 is 5.97 Å². The van der Waals surface area contributed by atoms with Gasteiger partial charge in [-0.05, 0) is 26.1 Å². The van der Waals surface area contributed by atoms with Gasteiger partial charge < -0.3 is 19.6 Å². The van der Waals surface area contributed by atoms with Gasteiger partial charge in [-0.3, -0.25) is 14.5 Å². The third-order valence-corrected chi connectivity index (χ3v) is 4.38. The Bertz CT molecular complexity index is 979. The summed E-state index contributed by atoms with van der Waals surface area (Å²) in [6.45, 7) is 1.46. The molecule has 2 aromatic carbocycles. The number of likely N-dealkylation sites (N-methyl/N-ethyl adjacent to an activating group) is 1. The Morgan fingerprint density at radius 3 is 2.65 bits per heavy atom. The van der Waals surface area contributed by atoms with Crippen molar-refractivity contribution in [3.05, 3.63) is 36.4 Å². The van der Waals surface area contributed by atoms with Crippen molar-refractivity contribution in [3.8, 4) is 5.75 Å². The number of hydrogen-bond acceptors (Lipinski definition) is 5. The van der Waals surface area contributed by atoms with E-state index in [0.29, 0.717) is 17.0 Å². The molecular formula is C19H20N2O5. The van der Waals surface area contributed by atoms with E-state index >= 15 is 0 Å². The SMILES string of the molecule is COc1cc2c(cc1NC(=O)CN(C)C(C)C(=O)O)oc1ccccc12. The summed E-state index contributed by atoms with van der Waals surface area (Å²) in [6, 6.07) is 10.4. The Labute approximate surface area is 150 Å². The Balaban J connectivity index is 1.88. The van der Waals surface area contributed by atoms with Crippen molar-refractivity contribution >= 4 is 39.5 Å². The van der Waals surface area contributed by atoms with Crippen LogP contribution in [0.1, 0.15) is 6.92 Å². The number of para-hydroxylation sites is 1. The molecular weight excluding hydrogens is 336 g/mol. The molecule has 1 unspecified atom stereocenters. The highest BCUT2D eigenvalue weighted by Crippen LogP contribution is 2.36. The van der Waals surface area contributed by atoms with Gasteiger partial charge in [-0.1, -0.05) is 18.2 Å². The van der Waals surface area contributed by atoms with Crippen LogP contribution in [-0.4, -0.2) is 48.6 Å². The number of ether oxygens (including phenoxy) is 1. The molecule has 0 bridgehead atoms. The molecule has 0 fully saturated rings. The molecule has 0 aliphatic carbocycles. The molecule has 0 aliphatic rings. The van der Waals surface area contributed by atoms with Crippen LogP contribution < -0.4 is 10.1 Å². The van der Waals surface area contributed by atoms with Crippen molar-refractivity contribution in [2.75, 3.05) is 26.0 Å². The van der Waals surface area contributed by atoms with Gasteiger partial charge in [-0.2, -0.15) is 0 Å². The highest BCUT2D eigenvalue weighted by molar-refractivity contribution is 6.07. The lowest BCUT2D eigenvalue weighted by Crippen LogP contribution is -2.40. The summed E-state index contributed by atoms with van der Waals surface area (Å²) in [6.07, 6.45) is 0. The number of carboxylic acids is 1. The monoisotopic (exact) mass is 356 g/mol. The van der Waals surface area contributed by atoms with E-state index in [0.717, 1.165) is 16.4 Å². The summed E-state index contributed by atoms with van der Waals surface area (Å²) in [5, 5.41) is 13.6. The third-order valence-electron chi connectivity index (χ3n) is 4.38. The van der Waals surface area contributed by atoms with Gasteiger partial charge in [0.2, 0.25) is 5.91 Å². The predicted molar refractivity (Wildman–Crippen MR) is 98.6 cm³/mol. The van der Waals surface area contributed by atoms with Crippen LogP contribution in [0.4, 0.5) is 5.69 Å². The van der Waals surface area contributed by atoms with Crippen LogP contribution in [0, 0.1) is 0 Å². The smallest absolute Gasteiger partial charge is 0.320 e. The van der Waals surface area contributed by atoms with E-state index in [1.165, 1.54) is 18.9 Å². The maximum absolute atomic E-state index is 12.3. The molecule has 3 aromatic rings. The van der Waals surface area contributed by atoms with Crippen molar-refractivity contribution < 1.29 is 23.8 Å². The van der Waals surface area contributed by atoms with E-state index in [1.54, 1.807) is 13.1 Å². The van der Waals surface area contributed by atoms with E-state index in [4.69, 9.17) is 14.3 Å². The Morgan fingerprint density at radius 1 is 1.23 bits per heavy atom. The summed E-state index contributed by atoms with van der Waals surface area (Å²) < 4.78 is 11.2. The highest BCUT2D eigenvalue weighted by Gasteiger charge is 2.20. The molecule has 1 aromatic heterocycles. The van der Waals surface area contributed by atoms with Gasteiger partial charge in [0.1, 0.15) is 23.0 Å². The molecule has 2 N–H and O–H groups in total. The van der Waals surface area contributed by atoms with Gasteiger partial charge in [-0.25, -0.2) is 0 Å². The van der Waals surface area contributed by atoms with E-state index in [-0.39, 0.29) is 12.5 Å². The van der Waals surface area contributed by atoms with Crippen LogP contribution in [0.3, 0.4) is 0 Å². The Hall–Kier alpha value is -3.06. The fourth-order valence-electron chi connectivity index (χ4n) is 2.76. The molecule has 3 rings (SSSR count). The zero-order valence-electron chi connectivity index (χ0n) is 14.8. The normalized spacial score (nSPS) is 12.5. The number of fused-ring (bicyclic) bond motifs is 3. The van der Waals surface area contributed by atoms with Crippen LogP contribution in [0.2, 0.25) is 0 Å². The molecule has 0 radical (unpaired) electrons. The maximum Gasteiger partial charge on any atom is 0.320 e. The number of aliphatic carboxylic acids is 1. The summed E-state index contributed by atoms with van der Waals surface area (Å²) in [4.78, 5) is 24.7. The minimum atomic E-state index is -0.985. The van der Waals surface area contributed by atoms with E-state index in [2.05, 4.69) is 5.32 Å². The molecule has 26 heavy (non-hydrogen) atoms. The van der Waals surface area contributed by atoms with Crippen LogP contribution in [-0.2, 0) is 9.59 Å². The average molecular weight is 356 g/mol. The number of carboxylic acid groups (broad SMARTS) is 1. The van der Waals surface area contributed by atoms with Crippen LogP contribution in [0.15, 0.2) is 40.8 Å². The zero-order chi connectivity index (χ0) is 18.8. The van der Waals surface area contributed by atoms with Gasteiger partial charge in [0.15, 0.2) is 0 Å². The number of benzene rings is 2. The number of hydrogen-bond donors (Lipinski definition) is 2. The molecule has 0 saturated heterocycles. The largest absolute Gasteiger partial charge is 0.495 e. The quantitative estimate of drug-likeness (QED) is 0.705. The molecule has 0 saturated carbocycles. The summed E-state index contributed by atoms with van der Waals surface area (Å²) in [7, 11) is 3.11. The minimum absolute atomic E-state index is 0.0607. The molecule has 1 amide bonds. The number of methoxy groups -OCH3 is 1. The molecule has 136 valence electrons. The topological polar surface area (TPSA) is 92.0 Å². The van der Waals surface area contributed by atoms with E-state index in [1.807, 2.05) is 30.3 Å². The van der Waals surface area contributed by atoms with Gasteiger partial charge in [-0.15, -0.1) is 0 Å². The summed E-state index contributed by atoms with van der Waals surface area (Å²) in [5.41, 5.74) is 1.86. The molecule has 7 nitrogen and oxygen atoms in total. The number of carbonyl (C=O) groups is 2. The molecule has 1 atom stereocenters. The predicted octanol–water partition coefficient (Wildman–Crippen LogP) is 2.94. The van der Waals surface area contributed by atoms with Gasteiger partial charge in [0.05, 0.1) is 19.3 Å². The number of carbonyl (C=O) groups excluding carboxylic acids is 1. The first-order valence-electron chi connectivity index (χ1n) is 8.13. The minimum Gasteiger partial charge on any atom is -0.495 e. The number of nitrogens with one attached hydrogen (secondary N) is 1. The second kappa shape index (κ2) is 7.05. The van der Waals surface area contributed by atoms with Crippen LogP contribution in [0.5, 0.6) is 5.75 Å². The molecule has 0 aliphatic heterocycles. The van der Waals surface area contributed by atoms with Crippen LogP contribution in [0.25, 0.3) is 21.9 Å². The van der Waals surface area contributed by atoms with Crippen LogP contribution >= 0.6 is 0 Å². The summed E-state index contributed by atoms with van der Waals surface area (Å²) >= 11 is 0. The first-order valence-corrected chi connectivity index (χ1v) is 8.13. The lowest BCUT2D eigenvalue weighted by Gasteiger charge is -2.20. The second-order valence-corrected chi connectivity index (χ2v) is 6.12. The lowest BCUT2D eigenvalue weighted by molar-refractivity contribution is -0.142. The first-order chi connectivity index (χ1) is 12.4. The average Bonchev–Trinajstić information content (AvgIpc) is 2.97. The number of rotatable bonds is 6. The maximum atomic E-state index is 12.3. The highest BCUT2D eigenvalue weighted by atomic mass is 16.5. The first kappa shape index (κ1) is 17.8. The van der Waals surface area contributed by atoms with Crippen molar-refractivity contribution in [2.24, 2.45) is 0 Å². The summed E-state index contributed by atoms with van der Waals surface area (Å²) in [5.74, 6) is -0.817. The van der Waals surface area contributed by atoms with Crippen molar-refractivity contribution in [1.29, 1.82) is 0 Å². The molecule has 0 spiro atoms. The third kappa shape index (κ3) is 3.34. The number of amides is 1. The standard InChI is InChI=1S/C19H20N2O5/c1-11(19(23)24)21(2)10-18(22)20-14-9-16-13(8-17(14)25-3)12-6-4-5-7-15(12)26-16/h4-9,11H,10H2,1-3H3,(H,20,22)(H,23,24). The van der Waals surface area contributed by atoms with E-state index < -0.39 is 12.0 Å². The number of anilines is 1. The lowest BCUT2D eigenvalue weighted by atomic mass is 10.1. The molecule has 7 heteroatoms. The van der Waals surface area contributed by atoms with Crippen molar-refractivity contribution in [2.45, 2.75) is 13.0 Å². The van der Waals surface area contributed by atoms with Gasteiger partial charge in [0.25, 0.3) is 0 Å². The second-order valence-electron chi connectivity index (χ2n) is 6.12. The van der Waals surface area contributed by atoms with Gasteiger partial charge in [0, 0.05) is 16.8 Å². The van der Waals surface area contributed by atoms with Crippen molar-refractivity contribution in [1.82, 2.24) is 4.90 Å². The number of furan rings is 1. The van der Waals surface area contributed by atoms with Crippen molar-refractivity contribution in [3.63, 3.8) is 0 Å². The Kier molecular flexibility index (Phi) is 4.81. The molecule has 1 heterocycles. The number of nitrogens with zero attached hydrogens (tertiary/aromatic N) is 1. The Morgan fingerprint density at radius 2 is 1.96 bits per heavy atom. The zero-order valence-corrected chi connectivity index (χ0v) is 14.8. The fraction of sp³-hybridized carbons (Fsp3) is 0.263. The fourth-order valence-corrected chi connectivity index (χ4v) is 2.76.